The molecule has 8 heteroatoms. The number of aromatic nitrogens is 2. The molecule has 0 bridgehead atoms. The number of carbonyl (C=O) groups excluding carboxylic acids is 1. The van der Waals surface area contributed by atoms with Gasteiger partial charge in [0, 0.05) is 31.4 Å². The monoisotopic (exact) mass is 388 g/mol. The number of benzene rings is 1. The van der Waals surface area contributed by atoms with E-state index in [4.69, 9.17) is 23.2 Å². The molecular weight excluding hydrogens is 371 g/mol. The van der Waals surface area contributed by atoms with Crippen molar-refractivity contribution in [2.45, 2.75) is 19.9 Å². The minimum absolute atomic E-state index is 0. The number of hydrogen-bond acceptors (Lipinski definition) is 3. The summed E-state index contributed by atoms with van der Waals surface area (Å²) in [6.07, 6.45) is 0. The molecule has 0 saturated carbocycles. The standard InChI is InChI=1S/C16H18Cl2N4O.ClH/c1-10-9-21(6-5-19-10)16(23)15-7-11(2)22(20-15)12-3-4-13(17)14(18)8-12;/h3-4,7-8,10,19H,5-6,9H2,1-2H3;1H/t10-;/m1./s1. The molecule has 0 aliphatic carbocycles. The number of piperazine rings is 1. The molecule has 2 heterocycles. The fourth-order valence-corrected chi connectivity index (χ4v) is 3.03. The lowest BCUT2D eigenvalue weighted by atomic mass is 10.2. The Hall–Kier alpha value is -1.27. The molecule has 24 heavy (non-hydrogen) atoms. The Bertz CT molecular complexity index is 747. The van der Waals surface area contributed by atoms with Gasteiger partial charge in [-0.3, -0.25) is 4.79 Å². The van der Waals surface area contributed by atoms with Crippen LogP contribution in [0.25, 0.3) is 5.69 Å². The summed E-state index contributed by atoms with van der Waals surface area (Å²) < 4.78 is 1.71. The van der Waals surface area contributed by atoms with Gasteiger partial charge in [-0.1, -0.05) is 23.2 Å². The van der Waals surface area contributed by atoms with Gasteiger partial charge in [-0.2, -0.15) is 5.10 Å². The van der Waals surface area contributed by atoms with Crippen LogP contribution in [0.5, 0.6) is 0 Å². The van der Waals surface area contributed by atoms with E-state index in [9.17, 15) is 4.79 Å². The minimum atomic E-state index is -0.0414. The highest BCUT2D eigenvalue weighted by molar-refractivity contribution is 6.42. The highest BCUT2D eigenvalue weighted by Gasteiger charge is 2.24. The van der Waals surface area contributed by atoms with Gasteiger partial charge in [0.15, 0.2) is 5.69 Å². The van der Waals surface area contributed by atoms with Crippen molar-refractivity contribution in [1.82, 2.24) is 20.0 Å². The summed E-state index contributed by atoms with van der Waals surface area (Å²) in [4.78, 5) is 14.5. The van der Waals surface area contributed by atoms with E-state index in [0.717, 1.165) is 17.9 Å². The van der Waals surface area contributed by atoms with Gasteiger partial charge in [-0.05, 0) is 38.1 Å². The largest absolute Gasteiger partial charge is 0.334 e. The summed E-state index contributed by atoms with van der Waals surface area (Å²) in [6.45, 7) is 6.17. The van der Waals surface area contributed by atoms with Crippen LogP contribution in [-0.2, 0) is 0 Å². The fraction of sp³-hybridized carbons (Fsp3) is 0.375. The van der Waals surface area contributed by atoms with Crippen LogP contribution < -0.4 is 5.32 Å². The number of carbonyl (C=O) groups is 1. The van der Waals surface area contributed by atoms with E-state index in [-0.39, 0.29) is 18.3 Å². The van der Waals surface area contributed by atoms with Crippen molar-refractivity contribution < 1.29 is 4.79 Å². The zero-order chi connectivity index (χ0) is 16.6. The van der Waals surface area contributed by atoms with Gasteiger partial charge in [-0.25, -0.2) is 4.68 Å². The topological polar surface area (TPSA) is 50.2 Å². The van der Waals surface area contributed by atoms with Crippen molar-refractivity contribution in [3.63, 3.8) is 0 Å². The maximum absolute atomic E-state index is 12.6. The summed E-state index contributed by atoms with van der Waals surface area (Å²) in [5.41, 5.74) is 2.10. The van der Waals surface area contributed by atoms with E-state index in [1.165, 1.54) is 0 Å². The fourth-order valence-electron chi connectivity index (χ4n) is 2.74. The first kappa shape index (κ1) is 19.1. The third kappa shape index (κ3) is 3.86. The predicted molar refractivity (Wildman–Crippen MR) is 98.9 cm³/mol. The molecule has 5 nitrogen and oxygen atoms in total. The average Bonchev–Trinajstić information content (AvgIpc) is 2.91. The second-order valence-electron chi connectivity index (χ2n) is 5.79. The number of halogens is 3. The van der Waals surface area contributed by atoms with Crippen LogP contribution >= 0.6 is 35.6 Å². The Morgan fingerprint density at radius 1 is 1.29 bits per heavy atom. The predicted octanol–water partition coefficient (Wildman–Crippen LogP) is 3.34. The second kappa shape index (κ2) is 7.74. The van der Waals surface area contributed by atoms with E-state index in [0.29, 0.717) is 34.9 Å². The van der Waals surface area contributed by atoms with Gasteiger partial charge < -0.3 is 10.2 Å². The molecule has 1 atom stereocenters. The van der Waals surface area contributed by atoms with Crippen molar-refractivity contribution in [3.05, 3.63) is 45.7 Å². The molecule has 1 fully saturated rings. The van der Waals surface area contributed by atoms with Gasteiger partial charge in [-0.15, -0.1) is 12.4 Å². The van der Waals surface area contributed by atoms with E-state index in [1.807, 2.05) is 17.9 Å². The van der Waals surface area contributed by atoms with Gasteiger partial charge in [0.25, 0.3) is 5.91 Å². The molecule has 1 aliphatic heterocycles. The van der Waals surface area contributed by atoms with E-state index < -0.39 is 0 Å². The maximum atomic E-state index is 12.6. The lowest BCUT2D eigenvalue weighted by molar-refractivity contribution is 0.0702. The number of nitrogens with one attached hydrogen (secondary N) is 1. The quantitative estimate of drug-likeness (QED) is 0.857. The first-order chi connectivity index (χ1) is 11.0. The summed E-state index contributed by atoms with van der Waals surface area (Å²) >= 11 is 12.0. The molecule has 1 aromatic carbocycles. The average molecular weight is 390 g/mol. The molecule has 1 saturated heterocycles. The van der Waals surface area contributed by atoms with Crippen molar-refractivity contribution >= 4 is 41.5 Å². The Morgan fingerprint density at radius 3 is 2.71 bits per heavy atom. The van der Waals surface area contributed by atoms with Gasteiger partial charge in [0.2, 0.25) is 0 Å². The van der Waals surface area contributed by atoms with Gasteiger partial charge in [0.05, 0.1) is 15.7 Å². The summed E-state index contributed by atoms with van der Waals surface area (Å²) in [5, 5.41) is 8.73. The SMILES string of the molecule is Cc1cc(C(=O)N2CCN[C@H](C)C2)nn1-c1ccc(Cl)c(Cl)c1.Cl. The molecule has 3 rings (SSSR count). The Kier molecular flexibility index (Phi) is 6.15. The highest BCUT2D eigenvalue weighted by atomic mass is 35.5. The van der Waals surface area contributed by atoms with Crippen LogP contribution in [0.3, 0.4) is 0 Å². The Balaban J connectivity index is 0.00000208. The molecule has 0 unspecified atom stereocenters. The summed E-state index contributed by atoms with van der Waals surface area (Å²) in [7, 11) is 0. The van der Waals surface area contributed by atoms with Crippen LogP contribution in [0, 0.1) is 6.92 Å². The third-order valence-electron chi connectivity index (χ3n) is 3.91. The van der Waals surface area contributed by atoms with E-state index in [2.05, 4.69) is 17.3 Å². The zero-order valence-electron chi connectivity index (χ0n) is 13.4. The Morgan fingerprint density at radius 2 is 2.04 bits per heavy atom. The number of nitrogens with zero attached hydrogens (tertiary/aromatic N) is 3. The number of aryl methyl sites for hydroxylation is 1. The molecule has 1 aliphatic rings. The highest BCUT2D eigenvalue weighted by Crippen LogP contribution is 2.25. The van der Waals surface area contributed by atoms with Crippen LogP contribution in [0.2, 0.25) is 10.0 Å². The van der Waals surface area contributed by atoms with E-state index in [1.54, 1.807) is 22.9 Å². The second-order valence-corrected chi connectivity index (χ2v) is 6.60. The molecular formula is C16H19Cl3N4O. The molecule has 1 amide bonds. The van der Waals surface area contributed by atoms with Crippen LogP contribution in [0.15, 0.2) is 24.3 Å². The van der Waals surface area contributed by atoms with Crippen LogP contribution in [-0.4, -0.2) is 46.3 Å². The molecule has 0 spiro atoms. The molecule has 1 aromatic heterocycles. The van der Waals surface area contributed by atoms with Crippen molar-refractivity contribution in [2.24, 2.45) is 0 Å². The molecule has 130 valence electrons. The van der Waals surface area contributed by atoms with Crippen molar-refractivity contribution in [1.29, 1.82) is 0 Å². The lowest BCUT2D eigenvalue weighted by Gasteiger charge is -2.31. The third-order valence-corrected chi connectivity index (χ3v) is 4.65. The maximum Gasteiger partial charge on any atom is 0.274 e. The Labute approximate surface area is 157 Å². The lowest BCUT2D eigenvalue weighted by Crippen LogP contribution is -2.51. The van der Waals surface area contributed by atoms with Crippen LogP contribution in [0.1, 0.15) is 23.1 Å². The molecule has 1 N–H and O–H groups in total. The number of amides is 1. The van der Waals surface area contributed by atoms with Crippen LogP contribution in [0.4, 0.5) is 0 Å². The number of hydrogen-bond donors (Lipinski definition) is 1. The van der Waals surface area contributed by atoms with Gasteiger partial charge in [0.1, 0.15) is 0 Å². The smallest absolute Gasteiger partial charge is 0.274 e. The summed E-state index contributed by atoms with van der Waals surface area (Å²) in [6, 6.07) is 7.39. The zero-order valence-corrected chi connectivity index (χ0v) is 15.8. The first-order valence-electron chi connectivity index (χ1n) is 7.50. The molecule has 0 radical (unpaired) electrons. The summed E-state index contributed by atoms with van der Waals surface area (Å²) in [5.74, 6) is -0.0414. The van der Waals surface area contributed by atoms with Gasteiger partial charge >= 0.3 is 0 Å². The minimum Gasteiger partial charge on any atom is -0.334 e. The molecule has 2 aromatic rings. The first-order valence-corrected chi connectivity index (χ1v) is 8.26. The van der Waals surface area contributed by atoms with Crippen molar-refractivity contribution in [3.8, 4) is 5.69 Å². The van der Waals surface area contributed by atoms with Crippen molar-refractivity contribution in [2.75, 3.05) is 19.6 Å². The van der Waals surface area contributed by atoms with E-state index >= 15 is 0 Å². The number of rotatable bonds is 2. The normalized spacial score (nSPS) is 17.5.